The lowest BCUT2D eigenvalue weighted by molar-refractivity contribution is -0.138. The lowest BCUT2D eigenvalue weighted by Gasteiger charge is -2.21. The third-order valence-electron chi connectivity index (χ3n) is 3.89. The summed E-state index contributed by atoms with van der Waals surface area (Å²) >= 11 is 0.787. The highest BCUT2D eigenvalue weighted by Gasteiger charge is 2.38. The van der Waals surface area contributed by atoms with E-state index in [1.807, 2.05) is 13.8 Å². The Hall–Kier alpha value is -0.510. The maximum absolute atomic E-state index is 12.2. The van der Waals surface area contributed by atoms with Crippen molar-refractivity contribution < 1.29 is 27.4 Å². The molecular formula is C14H26N4O6S4. The average Bonchev–Trinajstić information content (AvgIpc) is 2.87. The highest BCUT2D eigenvalue weighted by atomic mass is 33.1. The third kappa shape index (κ3) is 7.72. The highest BCUT2D eigenvalue weighted by Crippen LogP contribution is 2.35. The Morgan fingerprint density at radius 1 is 1.43 bits per heavy atom. The fourth-order valence-electron chi connectivity index (χ4n) is 2.20. The van der Waals surface area contributed by atoms with Crippen molar-refractivity contribution in [3.05, 3.63) is 0 Å². The molecule has 0 bridgehead atoms. The van der Waals surface area contributed by atoms with Gasteiger partial charge in [-0.2, -0.15) is 8.42 Å². The Morgan fingerprint density at radius 3 is 2.57 bits per heavy atom. The molecule has 14 heteroatoms. The first-order chi connectivity index (χ1) is 12.9. The molecule has 28 heavy (non-hydrogen) atoms. The summed E-state index contributed by atoms with van der Waals surface area (Å²) in [6, 6.07) is 0. The van der Waals surface area contributed by atoms with E-state index in [1.165, 1.54) is 21.6 Å². The standard InChI is InChI=1S/C14H26N4O6S4/c1-14(2,8-15)27-25-6-3-10(28(22,23)24)12(20)17-4-5-18-11(19)7-9(26-16)13(18)21/h9-10H,3-8,15-16H2,1-2H3,(H,17,20)(H,22,23,24). The van der Waals surface area contributed by atoms with Crippen LogP contribution in [0.3, 0.4) is 0 Å². The number of imide groups is 1. The molecule has 6 N–H and O–H groups in total. The van der Waals surface area contributed by atoms with E-state index in [-0.39, 0.29) is 30.7 Å². The van der Waals surface area contributed by atoms with E-state index < -0.39 is 38.3 Å². The second-order valence-electron chi connectivity index (χ2n) is 6.66. The van der Waals surface area contributed by atoms with Crippen LogP contribution in [0.2, 0.25) is 0 Å². The Morgan fingerprint density at radius 2 is 2.07 bits per heavy atom. The maximum Gasteiger partial charge on any atom is 0.276 e. The minimum absolute atomic E-state index is 0.00434. The van der Waals surface area contributed by atoms with Crippen LogP contribution < -0.4 is 16.2 Å². The Bertz CT molecular complexity index is 687. The van der Waals surface area contributed by atoms with Crippen LogP contribution in [-0.2, 0) is 24.5 Å². The number of amides is 3. The van der Waals surface area contributed by atoms with Gasteiger partial charge in [-0.25, -0.2) is 0 Å². The topological polar surface area (TPSA) is 173 Å². The van der Waals surface area contributed by atoms with Crippen molar-refractivity contribution in [2.24, 2.45) is 10.9 Å². The van der Waals surface area contributed by atoms with Crippen LogP contribution in [0, 0.1) is 0 Å². The zero-order chi connectivity index (χ0) is 21.5. The predicted octanol–water partition coefficient (Wildman–Crippen LogP) is -0.398. The molecule has 2 unspecified atom stereocenters. The molecule has 0 radical (unpaired) electrons. The molecule has 1 aliphatic rings. The van der Waals surface area contributed by atoms with E-state index in [4.69, 9.17) is 10.9 Å². The van der Waals surface area contributed by atoms with E-state index in [0.717, 1.165) is 16.8 Å². The summed E-state index contributed by atoms with van der Waals surface area (Å²) in [4.78, 5) is 36.9. The van der Waals surface area contributed by atoms with Gasteiger partial charge in [0.05, 0.1) is 0 Å². The fourth-order valence-corrected chi connectivity index (χ4v) is 6.11. The Labute approximate surface area is 176 Å². The Balaban J connectivity index is 2.53. The molecule has 1 saturated heterocycles. The van der Waals surface area contributed by atoms with Gasteiger partial charge in [-0.1, -0.05) is 33.5 Å². The van der Waals surface area contributed by atoms with Gasteiger partial charge in [0.2, 0.25) is 17.7 Å². The van der Waals surface area contributed by atoms with Gasteiger partial charge in [-0.15, -0.1) is 0 Å². The van der Waals surface area contributed by atoms with Crippen molar-refractivity contribution in [2.75, 3.05) is 25.4 Å². The lowest BCUT2D eigenvalue weighted by atomic mass is 10.2. The summed E-state index contributed by atoms with van der Waals surface area (Å²) in [7, 11) is -1.76. The van der Waals surface area contributed by atoms with Gasteiger partial charge < -0.3 is 11.1 Å². The van der Waals surface area contributed by atoms with Gasteiger partial charge in [0.25, 0.3) is 10.1 Å². The smallest absolute Gasteiger partial charge is 0.276 e. The van der Waals surface area contributed by atoms with Gasteiger partial charge in [-0.05, 0) is 20.3 Å². The van der Waals surface area contributed by atoms with Crippen LogP contribution in [-0.4, -0.2) is 76.2 Å². The van der Waals surface area contributed by atoms with E-state index in [1.54, 1.807) is 0 Å². The lowest BCUT2D eigenvalue weighted by Crippen LogP contribution is -2.44. The van der Waals surface area contributed by atoms with Gasteiger partial charge >= 0.3 is 0 Å². The highest BCUT2D eigenvalue weighted by molar-refractivity contribution is 8.77. The average molecular weight is 475 g/mol. The van der Waals surface area contributed by atoms with E-state index >= 15 is 0 Å². The SMILES string of the molecule is CC(C)(CN)SSCCC(C(=O)NCCN1C(=O)CC(SN)C1=O)S(=O)(=O)O. The molecule has 1 heterocycles. The number of hydrogen-bond acceptors (Lipinski definition) is 10. The zero-order valence-electron chi connectivity index (χ0n) is 15.6. The monoisotopic (exact) mass is 474 g/mol. The van der Waals surface area contributed by atoms with Crippen LogP contribution >= 0.6 is 33.5 Å². The van der Waals surface area contributed by atoms with Crippen LogP contribution in [0.25, 0.3) is 0 Å². The van der Waals surface area contributed by atoms with Crippen LogP contribution in [0.5, 0.6) is 0 Å². The number of nitrogens with one attached hydrogen (secondary N) is 1. The van der Waals surface area contributed by atoms with Gasteiger partial charge in [-0.3, -0.25) is 29.0 Å². The van der Waals surface area contributed by atoms with Gasteiger partial charge in [0, 0.05) is 36.6 Å². The summed E-state index contributed by atoms with van der Waals surface area (Å²) in [5.74, 6) is -1.40. The van der Waals surface area contributed by atoms with Crippen molar-refractivity contribution in [1.29, 1.82) is 0 Å². The number of carbonyl (C=O) groups is 3. The van der Waals surface area contributed by atoms with E-state index in [2.05, 4.69) is 5.32 Å². The zero-order valence-corrected chi connectivity index (χ0v) is 18.9. The quantitative estimate of drug-likeness (QED) is 0.0953. The van der Waals surface area contributed by atoms with Gasteiger partial charge in [0.15, 0.2) is 5.25 Å². The first kappa shape index (κ1) is 25.5. The third-order valence-corrected chi connectivity index (χ3v) is 9.10. The molecular weight excluding hydrogens is 448 g/mol. The molecule has 0 aromatic rings. The van der Waals surface area contributed by atoms with Gasteiger partial charge in [0.1, 0.15) is 5.25 Å². The fraction of sp³-hybridized carbons (Fsp3) is 0.786. The van der Waals surface area contributed by atoms with E-state index in [0.29, 0.717) is 12.3 Å². The second kappa shape index (κ2) is 11.0. The van der Waals surface area contributed by atoms with Crippen molar-refractivity contribution in [3.8, 4) is 0 Å². The number of nitrogens with zero attached hydrogens (tertiary/aromatic N) is 1. The molecule has 2 atom stereocenters. The first-order valence-electron chi connectivity index (χ1n) is 8.37. The normalized spacial score (nSPS) is 19.2. The molecule has 1 rings (SSSR count). The summed E-state index contributed by atoms with van der Waals surface area (Å²) in [5.41, 5.74) is 5.62. The van der Waals surface area contributed by atoms with Crippen LogP contribution in [0.15, 0.2) is 0 Å². The number of nitrogens with two attached hydrogens (primary N) is 2. The summed E-state index contributed by atoms with van der Waals surface area (Å²) in [5, 5.41) is 5.45. The summed E-state index contributed by atoms with van der Waals surface area (Å²) < 4.78 is 32.3. The largest absolute Gasteiger partial charge is 0.353 e. The molecule has 0 aromatic carbocycles. The number of likely N-dealkylation sites (tertiary alicyclic amines) is 1. The van der Waals surface area contributed by atoms with Crippen LogP contribution in [0.1, 0.15) is 26.7 Å². The van der Waals surface area contributed by atoms with Crippen molar-refractivity contribution in [3.63, 3.8) is 0 Å². The molecule has 10 nitrogen and oxygen atoms in total. The molecule has 162 valence electrons. The summed E-state index contributed by atoms with van der Waals surface area (Å²) in [6.07, 6.45) is -0.0912. The van der Waals surface area contributed by atoms with Crippen molar-refractivity contribution in [1.82, 2.24) is 10.2 Å². The first-order valence-corrected chi connectivity index (χ1v) is 13.1. The Kier molecular flexibility index (Phi) is 10.1. The maximum atomic E-state index is 12.2. The number of carbonyl (C=O) groups excluding carboxylic acids is 3. The van der Waals surface area contributed by atoms with Crippen LogP contribution in [0.4, 0.5) is 0 Å². The molecule has 0 aliphatic carbocycles. The number of rotatable bonds is 12. The molecule has 0 aromatic heterocycles. The molecule has 3 amide bonds. The molecule has 1 aliphatic heterocycles. The molecule has 1 fully saturated rings. The van der Waals surface area contributed by atoms with Crippen molar-refractivity contribution >= 4 is 61.4 Å². The van der Waals surface area contributed by atoms with E-state index in [9.17, 15) is 27.4 Å². The number of hydrogen-bond donors (Lipinski definition) is 4. The predicted molar refractivity (Wildman–Crippen MR) is 113 cm³/mol. The molecule has 0 saturated carbocycles. The summed E-state index contributed by atoms with van der Waals surface area (Å²) in [6.45, 7) is 4.10. The minimum atomic E-state index is -4.60. The molecule has 0 spiro atoms. The van der Waals surface area contributed by atoms with Crippen molar-refractivity contribution in [2.45, 2.75) is 41.9 Å². The minimum Gasteiger partial charge on any atom is -0.353 e. The second-order valence-corrected chi connectivity index (χ2v) is 12.2.